The van der Waals surface area contributed by atoms with Gasteiger partial charge in [0, 0.05) is 24.0 Å². The van der Waals surface area contributed by atoms with Crippen molar-refractivity contribution in [2.75, 3.05) is 17.2 Å². The molecule has 0 aliphatic carbocycles. The van der Waals surface area contributed by atoms with E-state index in [0.717, 1.165) is 22.7 Å². The molecular weight excluding hydrogens is 382 g/mol. The maximum Gasteiger partial charge on any atom is 0.231 e. The highest BCUT2D eigenvalue weighted by molar-refractivity contribution is 7.80. The normalized spacial score (nSPS) is 10.3. The molecule has 1 heterocycles. The number of aromatic nitrogens is 2. The third-order valence-corrected chi connectivity index (χ3v) is 4.34. The highest BCUT2D eigenvalue weighted by atomic mass is 32.1. The van der Waals surface area contributed by atoms with Gasteiger partial charge in [0.05, 0.1) is 6.61 Å². The third-order valence-electron chi connectivity index (χ3n) is 4.09. The quantitative estimate of drug-likeness (QED) is 0.489. The molecule has 0 radical (unpaired) electrons. The van der Waals surface area contributed by atoms with Crippen molar-refractivity contribution >= 4 is 34.8 Å². The Labute approximate surface area is 176 Å². The van der Waals surface area contributed by atoms with Gasteiger partial charge in [0.1, 0.15) is 11.6 Å². The molecule has 0 saturated carbocycles. The van der Waals surface area contributed by atoms with Crippen LogP contribution < -0.4 is 20.7 Å². The van der Waals surface area contributed by atoms with Crippen molar-refractivity contribution in [1.82, 2.24) is 15.3 Å². The molecule has 0 spiro atoms. The van der Waals surface area contributed by atoms with Crippen LogP contribution >= 0.6 is 12.2 Å². The van der Waals surface area contributed by atoms with Gasteiger partial charge in [-0.1, -0.05) is 29.8 Å². The molecule has 0 fully saturated rings. The summed E-state index contributed by atoms with van der Waals surface area (Å²) in [5.74, 6) is 1.97. The molecule has 0 bridgehead atoms. The van der Waals surface area contributed by atoms with E-state index in [2.05, 4.69) is 57.1 Å². The lowest BCUT2D eigenvalue weighted by atomic mass is 10.1. The standard InChI is InChI=1S/C22H25N5OS/c1-4-28-19-11-9-18(10-12-19)25-20-13-16(3)24-21(26-20)27-22(29)23-14-17-7-5-15(2)6-8-17/h5-13H,4,14H2,1-3H3,(H3,23,24,25,26,27,29). The summed E-state index contributed by atoms with van der Waals surface area (Å²) >= 11 is 5.38. The van der Waals surface area contributed by atoms with Gasteiger partial charge in [-0.25, -0.2) is 4.98 Å². The average Bonchev–Trinajstić information content (AvgIpc) is 2.69. The van der Waals surface area contributed by atoms with Crippen molar-refractivity contribution in [1.29, 1.82) is 0 Å². The van der Waals surface area contributed by atoms with Crippen LogP contribution in [-0.4, -0.2) is 21.7 Å². The summed E-state index contributed by atoms with van der Waals surface area (Å²) in [5, 5.41) is 9.99. The number of hydrogen-bond acceptors (Lipinski definition) is 5. The van der Waals surface area contributed by atoms with Gasteiger partial charge in [-0.05, 0) is 62.8 Å². The van der Waals surface area contributed by atoms with Gasteiger partial charge < -0.3 is 20.7 Å². The Morgan fingerprint density at radius 3 is 2.41 bits per heavy atom. The van der Waals surface area contributed by atoms with Crippen LogP contribution in [0.25, 0.3) is 0 Å². The number of nitrogens with zero attached hydrogens (tertiary/aromatic N) is 2. The molecule has 2 aromatic carbocycles. The Balaban J connectivity index is 1.60. The van der Waals surface area contributed by atoms with Crippen LogP contribution in [0.5, 0.6) is 5.75 Å². The predicted octanol–water partition coefficient (Wildman–Crippen LogP) is 4.72. The molecule has 29 heavy (non-hydrogen) atoms. The van der Waals surface area contributed by atoms with E-state index < -0.39 is 0 Å². The van der Waals surface area contributed by atoms with E-state index in [-0.39, 0.29) is 0 Å². The van der Waals surface area contributed by atoms with Crippen molar-refractivity contribution in [2.24, 2.45) is 0 Å². The van der Waals surface area contributed by atoms with Gasteiger partial charge in [-0.2, -0.15) is 4.98 Å². The minimum atomic E-state index is 0.444. The summed E-state index contributed by atoms with van der Waals surface area (Å²) in [4.78, 5) is 8.91. The van der Waals surface area contributed by atoms with Gasteiger partial charge in [0.15, 0.2) is 5.11 Å². The van der Waals surface area contributed by atoms with Crippen LogP contribution in [0.2, 0.25) is 0 Å². The largest absolute Gasteiger partial charge is 0.494 e. The first kappa shape index (κ1) is 20.5. The molecule has 6 nitrogen and oxygen atoms in total. The fourth-order valence-electron chi connectivity index (χ4n) is 2.67. The Kier molecular flexibility index (Phi) is 6.97. The molecule has 0 saturated heterocycles. The van der Waals surface area contributed by atoms with Crippen molar-refractivity contribution in [2.45, 2.75) is 27.3 Å². The third kappa shape index (κ3) is 6.43. The Hall–Kier alpha value is -3.19. The number of ether oxygens (including phenoxy) is 1. The molecule has 0 aliphatic rings. The molecule has 150 valence electrons. The molecule has 0 unspecified atom stereocenters. The lowest BCUT2D eigenvalue weighted by molar-refractivity contribution is 0.340. The van der Waals surface area contributed by atoms with Gasteiger partial charge >= 0.3 is 0 Å². The molecule has 7 heteroatoms. The van der Waals surface area contributed by atoms with Crippen LogP contribution in [0.3, 0.4) is 0 Å². The van der Waals surface area contributed by atoms with E-state index in [9.17, 15) is 0 Å². The summed E-state index contributed by atoms with van der Waals surface area (Å²) in [5.41, 5.74) is 4.13. The number of hydrogen-bond donors (Lipinski definition) is 3. The zero-order valence-corrected chi connectivity index (χ0v) is 17.6. The number of thiocarbonyl (C=S) groups is 1. The Morgan fingerprint density at radius 2 is 1.72 bits per heavy atom. The molecule has 3 aromatic rings. The van der Waals surface area contributed by atoms with Gasteiger partial charge in [-0.3, -0.25) is 0 Å². The molecule has 1 aromatic heterocycles. The second kappa shape index (κ2) is 9.84. The Morgan fingerprint density at radius 1 is 1.00 bits per heavy atom. The molecule has 3 N–H and O–H groups in total. The number of rotatable bonds is 7. The van der Waals surface area contributed by atoms with E-state index in [1.165, 1.54) is 5.56 Å². The topological polar surface area (TPSA) is 71.1 Å². The van der Waals surface area contributed by atoms with Crippen LogP contribution in [0.4, 0.5) is 17.5 Å². The first-order chi connectivity index (χ1) is 14.0. The maximum absolute atomic E-state index is 5.47. The van der Waals surface area contributed by atoms with Crippen molar-refractivity contribution < 1.29 is 4.74 Å². The maximum atomic E-state index is 5.47. The van der Waals surface area contributed by atoms with E-state index >= 15 is 0 Å². The van der Waals surface area contributed by atoms with Crippen LogP contribution in [0.15, 0.2) is 54.6 Å². The molecule has 0 aliphatic heterocycles. The first-order valence-corrected chi connectivity index (χ1v) is 9.88. The highest BCUT2D eigenvalue weighted by Crippen LogP contribution is 2.20. The monoisotopic (exact) mass is 407 g/mol. The van der Waals surface area contributed by atoms with Crippen LogP contribution in [-0.2, 0) is 6.54 Å². The zero-order chi connectivity index (χ0) is 20.6. The summed E-state index contributed by atoms with van der Waals surface area (Å²) in [6, 6.07) is 17.9. The summed E-state index contributed by atoms with van der Waals surface area (Å²) in [6.07, 6.45) is 0. The van der Waals surface area contributed by atoms with Gasteiger partial charge in [0.25, 0.3) is 0 Å². The summed E-state index contributed by atoms with van der Waals surface area (Å²) < 4.78 is 5.47. The minimum Gasteiger partial charge on any atom is -0.494 e. The average molecular weight is 408 g/mol. The second-order valence-corrected chi connectivity index (χ2v) is 7.00. The van der Waals surface area contributed by atoms with Gasteiger partial charge in [-0.15, -0.1) is 0 Å². The zero-order valence-electron chi connectivity index (χ0n) is 16.8. The predicted molar refractivity (Wildman–Crippen MR) is 122 cm³/mol. The fraction of sp³-hybridized carbons (Fsp3) is 0.227. The van der Waals surface area contributed by atoms with Crippen molar-refractivity contribution in [3.63, 3.8) is 0 Å². The van der Waals surface area contributed by atoms with Gasteiger partial charge in [0.2, 0.25) is 5.95 Å². The van der Waals surface area contributed by atoms with Crippen molar-refractivity contribution in [3.8, 4) is 5.75 Å². The van der Waals surface area contributed by atoms with E-state index in [1.54, 1.807) is 0 Å². The lowest BCUT2D eigenvalue weighted by Gasteiger charge is -2.12. The number of nitrogens with one attached hydrogen (secondary N) is 3. The van der Waals surface area contributed by atoms with E-state index in [0.29, 0.717) is 30.0 Å². The summed E-state index contributed by atoms with van der Waals surface area (Å²) in [6.45, 7) is 7.22. The molecular formula is C22H25N5OS. The lowest BCUT2D eigenvalue weighted by Crippen LogP contribution is -2.28. The summed E-state index contributed by atoms with van der Waals surface area (Å²) in [7, 11) is 0. The number of benzene rings is 2. The Bertz CT molecular complexity index is 958. The van der Waals surface area contributed by atoms with E-state index in [4.69, 9.17) is 17.0 Å². The minimum absolute atomic E-state index is 0.444. The van der Waals surface area contributed by atoms with Crippen LogP contribution in [0.1, 0.15) is 23.7 Å². The molecule has 0 amide bonds. The van der Waals surface area contributed by atoms with Crippen LogP contribution in [0, 0.1) is 13.8 Å². The first-order valence-electron chi connectivity index (χ1n) is 9.48. The second-order valence-electron chi connectivity index (χ2n) is 6.59. The molecule has 3 rings (SSSR count). The smallest absolute Gasteiger partial charge is 0.231 e. The molecule has 0 atom stereocenters. The number of anilines is 3. The van der Waals surface area contributed by atoms with E-state index in [1.807, 2.05) is 44.2 Å². The van der Waals surface area contributed by atoms with Crippen molar-refractivity contribution in [3.05, 3.63) is 71.4 Å². The fourth-order valence-corrected chi connectivity index (χ4v) is 2.83. The highest BCUT2D eigenvalue weighted by Gasteiger charge is 2.06. The SMILES string of the molecule is CCOc1ccc(Nc2cc(C)nc(NC(=S)NCc3ccc(C)cc3)n2)cc1. The number of aryl methyl sites for hydroxylation is 2.